The molecule has 0 saturated carbocycles. The fraction of sp³-hybridized carbons (Fsp3) is 0.500. The van der Waals surface area contributed by atoms with Crippen LogP contribution in [0.15, 0.2) is 30.3 Å². The second kappa shape index (κ2) is 5.76. The van der Waals surface area contributed by atoms with Crippen molar-refractivity contribution in [1.29, 1.82) is 0 Å². The summed E-state index contributed by atoms with van der Waals surface area (Å²) >= 11 is 0. The van der Waals surface area contributed by atoms with Crippen LogP contribution in [0.3, 0.4) is 0 Å². The molecule has 0 aliphatic carbocycles. The molecule has 1 aromatic heterocycles. The molecule has 1 aliphatic rings. The third-order valence-corrected chi connectivity index (χ3v) is 4.08. The summed E-state index contributed by atoms with van der Waals surface area (Å²) in [6.07, 6.45) is 3.31. The lowest BCUT2D eigenvalue weighted by atomic mass is 10.00. The van der Waals surface area contributed by atoms with E-state index in [9.17, 15) is 0 Å². The highest BCUT2D eigenvalue weighted by molar-refractivity contribution is 5.81. The van der Waals surface area contributed by atoms with Crippen molar-refractivity contribution in [2.75, 3.05) is 19.8 Å². The van der Waals surface area contributed by atoms with E-state index in [0.29, 0.717) is 6.54 Å². The van der Waals surface area contributed by atoms with Gasteiger partial charge in [-0.3, -0.25) is 0 Å². The normalized spacial score (nSPS) is 17.1. The monoisotopic (exact) mass is 258 g/mol. The maximum Gasteiger partial charge on any atom is 0.0482 e. The van der Waals surface area contributed by atoms with Crippen LogP contribution < -0.4 is 5.73 Å². The third kappa shape index (κ3) is 2.67. The van der Waals surface area contributed by atoms with Gasteiger partial charge in [0.15, 0.2) is 0 Å². The van der Waals surface area contributed by atoms with Crippen LogP contribution in [0.2, 0.25) is 0 Å². The van der Waals surface area contributed by atoms with E-state index >= 15 is 0 Å². The summed E-state index contributed by atoms with van der Waals surface area (Å²) < 4.78 is 7.93. The summed E-state index contributed by atoms with van der Waals surface area (Å²) in [7, 11) is 0. The van der Waals surface area contributed by atoms with Gasteiger partial charge in [-0.15, -0.1) is 0 Å². The number of aromatic nitrogens is 1. The highest BCUT2D eigenvalue weighted by Gasteiger charge is 2.17. The summed E-state index contributed by atoms with van der Waals surface area (Å²) in [4.78, 5) is 0. The fourth-order valence-corrected chi connectivity index (χ4v) is 3.03. The second-order valence-corrected chi connectivity index (χ2v) is 5.40. The minimum Gasteiger partial charge on any atom is -0.381 e. The van der Waals surface area contributed by atoms with Gasteiger partial charge in [0.05, 0.1) is 0 Å². The van der Waals surface area contributed by atoms with Gasteiger partial charge in [0.1, 0.15) is 0 Å². The molecule has 0 amide bonds. The molecule has 0 atom stereocenters. The van der Waals surface area contributed by atoms with Gasteiger partial charge in [0.25, 0.3) is 0 Å². The Labute approximate surface area is 114 Å². The number of hydrogen-bond donors (Lipinski definition) is 1. The van der Waals surface area contributed by atoms with Gasteiger partial charge in [-0.25, -0.2) is 0 Å². The molecular weight excluding hydrogens is 236 g/mol. The van der Waals surface area contributed by atoms with Gasteiger partial charge < -0.3 is 15.0 Å². The molecule has 3 nitrogen and oxygen atoms in total. The summed E-state index contributed by atoms with van der Waals surface area (Å²) in [5.41, 5.74) is 8.47. The lowest BCUT2D eigenvalue weighted by Crippen LogP contribution is -2.21. The first-order valence-electron chi connectivity index (χ1n) is 7.23. The number of ether oxygens (including phenoxy) is 1. The smallest absolute Gasteiger partial charge is 0.0482 e. The van der Waals surface area contributed by atoms with E-state index in [1.807, 2.05) is 0 Å². The molecule has 0 radical (unpaired) electrons. The van der Waals surface area contributed by atoms with Crippen molar-refractivity contribution in [3.05, 3.63) is 36.0 Å². The Hall–Kier alpha value is -1.32. The Balaban J connectivity index is 1.92. The predicted octanol–water partition coefficient (Wildman–Crippen LogP) is 2.57. The Morgan fingerprint density at radius 2 is 2.00 bits per heavy atom. The van der Waals surface area contributed by atoms with E-state index in [4.69, 9.17) is 10.5 Å². The number of nitrogens with two attached hydrogens (primary N) is 1. The van der Waals surface area contributed by atoms with Crippen LogP contribution in [0.25, 0.3) is 10.9 Å². The van der Waals surface area contributed by atoms with Crippen LogP contribution in [0.4, 0.5) is 0 Å². The zero-order valence-corrected chi connectivity index (χ0v) is 11.3. The zero-order chi connectivity index (χ0) is 13.1. The van der Waals surface area contributed by atoms with Crippen LogP contribution in [0.5, 0.6) is 0 Å². The van der Waals surface area contributed by atoms with Gasteiger partial charge in [-0.1, -0.05) is 18.2 Å². The van der Waals surface area contributed by atoms with Crippen molar-refractivity contribution in [2.24, 2.45) is 11.7 Å². The minimum atomic E-state index is 0.712. The van der Waals surface area contributed by atoms with Crippen molar-refractivity contribution in [2.45, 2.75) is 25.8 Å². The maximum absolute atomic E-state index is 5.75. The lowest BCUT2D eigenvalue weighted by Gasteiger charge is -2.24. The molecule has 3 heteroatoms. The van der Waals surface area contributed by atoms with E-state index in [2.05, 4.69) is 34.9 Å². The average molecular weight is 258 g/mol. The summed E-state index contributed by atoms with van der Waals surface area (Å²) in [5, 5.41) is 1.33. The van der Waals surface area contributed by atoms with Crippen molar-refractivity contribution >= 4 is 10.9 Å². The number of benzene rings is 1. The quantitative estimate of drug-likeness (QED) is 0.915. The molecule has 1 aromatic carbocycles. The average Bonchev–Trinajstić information content (AvgIpc) is 2.79. The molecule has 1 aliphatic heterocycles. The van der Waals surface area contributed by atoms with Crippen LogP contribution in [-0.2, 0) is 17.7 Å². The fourth-order valence-electron chi connectivity index (χ4n) is 3.03. The number of rotatable bonds is 4. The first-order valence-corrected chi connectivity index (χ1v) is 7.23. The first kappa shape index (κ1) is 12.7. The summed E-state index contributed by atoms with van der Waals surface area (Å²) in [6, 6.07) is 10.9. The van der Waals surface area contributed by atoms with E-state index in [1.54, 1.807) is 0 Å². The Morgan fingerprint density at radius 3 is 2.79 bits per heavy atom. The number of para-hydroxylation sites is 1. The van der Waals surface area contributed by atoms with E-state index in [1.165, 1.54) is 29.4 Å². The van der Waals surface area contributed by atoms with Crippen LogP contribution in [-0.4, -0.2) is 24.3 Å². The van der Waals surface area contributed by atoms with Gasteiger partial charge in [-0.05, 0) is 49.2 Å². The Kier molecular flexibility index (Phi) is 3.85. The van der Waals surface area contributed by atoms with Crippen molar-refractivity contribution in [3.63, 3.8) is 0 Å². The number of nitrogens with zero attached hydrogens (tertiary/aromatic N) is 1. The SMILES string of the molecule is NCCc1cc2ccccc2n1CC1CCOCC1. The molecule has 2 N–H and O–H groups in total. The van der Waals surface area contributed by atoms with Crippen LogP contribution >= 0.6 is 0 Å². The van der Waals surface area contributed by atoms with Crippen molar-refractivity contribution in [3.8, 4) is 0 Å². The minimum absolute atomic E-state index is 0.712. The summed E-state index contributed by atoms with van der Waals surface area (Å²) in [6.45, 7) is 3.64. The first-order chi connectivity index (χ1) is 9.38. The van der Waals surface area contributed by atoms with Crippen molar-refractivity contribution < 1.29 is 4.74 Å². The molecule has 0 bridgehead atoms. The predicted molar refractivity (Wildman–Crippen MR) is 78.2 cm³/mol. The molecule has 0 spiro atoms. The molecule has 2 aromatic rings. The topological polar surface area (TPSA) is 40.2 Å². The number of fused-ring (bicyclic) bond motifs is 1. The maximum atomic E-state index is 5.75. The molecule has 3 rings (SSSR count). The van der Waals surface area contributed by atoms with Crippen LogP contribution in [0.1, 0.15) is 18.5 Å². The van der Waals surface area contributed by atoms with Gasteiger partial charge >= 0.3 is 0 Å². The molecule has 2 heterocycles. The Bertz CT molecular complexity index is 541. The standard InChI is InChI=1S/C16H22N2O/c17-8-5-15-11-14-3-1-2-4-16(14)18(15)12-13-6-9-19-10-7-13/h1-4,11,13H,5-10,12,17H2. The molecule has 1 saturated heterocycles. The van der Waals surface area contributed by atoms with E-state index in [-0.39, 0.29) is 0 Å². The molecule has 102 valence electrons. The highest BCUT2D eigenvalue weighted by atomic mass is 16.5. The Morgan fingerprint density at radius 1 is 1.21 bits per heavy atom. The molecule has 1 fully saturated rings. The molecule has 19 heavy (non-hydrogen) atoms. The lowest BCUT2D eigenvalue weighted by molar-refractivity contribution is 0.0614. The van der Waals surface area contributed by atoms with E-state index < -0.39 is 0 Å². The molecular formula is C16H22N2O. The van der Waals surface area contributed by atoms with Crippen LogP contribution in [0, 0.1) is 5.92 Å². The highest BCUT2D eigenvalue weighted by Crippen LogP contribution is 2.24. The third-order valence-electron chi connectivity index (χ3n) is 4.08. The molecule has 0 unspecified atom stereocenters. The van der Waals surface area contributed by atoms with Crippen molar-refractivity contribution in [1.82, 2.24) is 4.57 Å². The second-order valence-electron chi connectivity index (χ2n) is 5.40. The largest absolute Gasteiger partial charge is 0.381 e. The zero-order valence-electron chi connectivity index (χ0n) is 11.3. The van der Waals surface area contributed by atoms with Gasteiger partial charge in [-0.2, -0.15) is 0 Å². The van der Waals surface area contributed by atoms with E-state index in [0.717, 1.165) is 32.1 Å². The number of hydrogen-bond acceptors (Lipinski definition) is 2. The van der Waals surface area contributed by atoms with Gasteiger partial charge in [0, 0.05) is 31.0 Å². The van der Waals surface area contributed by atoms with Gasteiger partial charge in [0.2, 0.25) is 0 Å². The summed E-state index contributed by atoms with van der Waals surface area (Å²) in [5.74, 6) is 0.737.